The quantitative estimate of drug-likeness (QED) is 0.603. The number of rotatable bonds is 5. The van der Waals surface area contributed by atoms with Crippen LogP contribution in [0.5, 0.6) is 0 Å². The minimum atomic E-state index is -0.0973. The summed E-state index contributed by atoms with van der Waals surface area (Å²) in [5.74, 6) is 0.410. The molecule has 0 aliphatic heterocycles. The van der Waals surface area contributed by atoms with E-state index in [0.717, 1.165) is 40.1 Å². The van der Waals surface area contributed by atoms with Gasteiger partial charge in [0.15, 0.2) is 0 Å². The van der Waals surface area contributed by atoms with Gasteiger partial charge in [-0.2, -0.15) is 0 Å². The Morgan fingerprint density at radius 1 is 1.21 bits per heavy atom. The number of benzene rings is 1. The highest BCUT2D eigenvalue weighted by molar-refractivity contribution is 7.15. The van der Waals surface area contributed by atoms with Crippen LogP contribution in [0.2, 0.25) is 0 Å². The van der Waals surface area contributed by atoms with Gasteiger partial charge in [0.2, 0.25) is 5.13 Å². The lowest BCUT2D eigenvalue weighted by Crippen LogP contribution is -2.17. The van der Waals surface area contributed by atoms with Crippen molar-refractivity contribution in [2.45, 2.75) is 71.8 Å². The van der Waals surface area contributed by atoms with E-state index in [-0.39, 0.29) is 5.91 Å². The van der Waals surface area contributed by atoms with Crippen LogP contribution in [0, 0.1) is 6.92 Å². The van der Waals surface area contributed by atoms with Gasteiger partial charge in [-0.3, -0.25) is 10.1 Å². The lowest BCUT2D eigenvalue weighted by Gasteiger charge is -2.18. The second kappa shape index (κ2) is 8.03. The number of carbonyl (C=O) groups is 1. The summed E-state index contributed by atoms with van der Waals surface area (Å²) in [6, 6.07) is 6.49. The maximum Gasteiger partial charge on any atom is 0.274 e. The first-order chi connectivity index (χ1) is 13.6. The van der Waals surface area contributed by atoms with Gasteiger partial charge in [-0.25, -0.2) is 0 Å². The van der Waals surface area contributed by atoms with Gasteiger partial charge in [-0.1, -0.05) is 43.6 Å². The lowest BCUT2D eigenvalue weighted by atomic mass is 9.90. The monoisotopic (exact) mass is 396 g/mol. The fourth-order valence-electron chi connectivity index (χ4n) is 4.37. The Morgan fingerprint density at radius 2 is 2.00 bits per heavy atom. The summed E-state index contributed by atoms with van der Waals surface area (Å²) in [6.45, 7) is 7.02. The van der Waals surface area contributed by atoms with Crippen LogP contribution >= 0.6 is 11.3 Å². The molecule has 0 saturated heterocycles. The predicted octanol–water partition coefficient (Wildman–Crippen LogP) is 5.68. The van der Waals surface area contributed by atoms with Crippen LogP contribution in [0.25, 0.3) is 10.9 Å². The van der Waals surface area contributed by atoms with Crippen molar-refractivity contribution >= 4 is 33.3 Å². The Balaban J connectivity index is 1.62. The summed E-state index contributed by atoms with van der Waals surface area (Å²) >= 11 is 1.53. The third-order valence-corrected chi connectivity index (χ3v) is 6.94. The smallest absolute Gasteiger partial charge is 0.274 e. The number of hydrogen-bond acceptors (Lipinski definition) is 4. The van der Waals surface area contributed by atoms with Crippen molar-refractivity contribution in [2.24, 2.45) is 0 Å². The molecule has 1 aliphatic rings. The largest absolute Gasteiger partial charge is 0.337 e. The van der Waals surface area contributed by atoms with Crippen LogP contribution in [0.3, 0.4) is 0 Å². The van der Waals surface area contributed by atoms with Crippen molar-refractivity contribution in [3.63, 3.8) is 0 Å². The third kappa shape index (κ3) is 3.46. The normalized spacial score (nSPS) is 15.2. The number of aromatic nitrogens is 3. The molecule has 3 aromatic rings. The molecular weight excluding hydrogens is 368 g/mol. The maximum atomic E-state index is 13.1. The molecule has 0 radical (unpaired) electrons. The lowest BCUT2D eigenvalue weighted by molar-refractivity contribution is 0.101. The molecule has 1 fully saturated rings. The van der Waals surface area contributed by atoms with Crippen LogP contribution < -0.4 is 5.32 Å². The number of aryl methyl sites for hydroxylation is 3. The van der Waals surface area contributed by atoms with E-state index in [0.29, 0.717) is 11.0 Å². The van der Waals surface area contributed by atoms with Crippen LogP contribution in [0.4, 0.5) is 5.13 Å². The van der Waals surface area contributed by atoms with Crippen LogP contribution in [-0.2, 0) is 13.0 Å². The molecule has 28 heavy (non-hydrogen) atoms. The molecule has 6 heteroatoms. The Labute approximate surface area is 170 Å². The summed E-state index contributed by atoms with van der Waals surface area (Å²) in [7, 11) is 0. The summed E-state index contributed by atoms with van der Waals surface area (Å²) < 4.78 is 2.10. The van der Waals surface area contributed by atoms with Gasteiger partial charge in [-0.15, -0.1) is 10.2 Å². The standard InChI is InChI=1S/C22H28N4OS/c1-4-15-11-12-18-17(13-15)14(3)19(26(18)5-2)20(27)23-22-25-24-21(28-22)16-9-7-6-8-10-16/h11-13,16H,4-10H2,1-3H3,(H,23,25,27). The van der Waals surface area contributed by atoms with E-state index >= 15 is 0 Å². The summed E-state index contributed by atoms with van der Waals surface area (Å²) in [5.41, 5.74) is 4.15. The van der Waals surface area contributed by atoms with E-state index in [1.54, 1.807) is 0 Å². The van der Waals surface area contributed by atoms with Gasteiger partial charge in [0, 0.05) is 23.4 Å². The van der Waals surface area contributed by atoms with Gasteiger partial charge in [0.05, 0.1) is 0 Å². The predicted molar refractivity (Wildman–Crippen MR) is 115 cm³/mol. The fraction of sp³-hybridized carbons (Fsp3) is 0.500. The van der Waals surface area contributed by atoms with Crippen molar-refractivity contribution in [2.75, 3.05) is 5.32 Å². The van der Waals surface area contributed by atoms with Crippen molar-refractivity contribution < 1.29 is 4.79 Å². The molecule has 5 nitrogen and oxygen atoms in total. The highest BCUT2D eigenvalue weighted by Crippen LogP contribution is 2.35. The van der Waals surface area contributed by atoms with Crippen LogP contribution in [-0.4, -0.2) is 20.7 Å². The Kier molecular flexibility index (Phi) is 5.49. The Hall–Kier alpha value is -2.21. The van der Waals surface area contributed by atoms with E-state index in [2.05, 4.69) is 52.1 Å². The molecule has 2 heterocycles. The first kappa shape index (κ1) is 19.1. The first-order valence-corrected chi connectivity index (χ1v) is 11.2. The molecule has 4 rings (SSSR count). The first-order valence-electron chi connectivity index (χ1n) is 10.4. The number of nitrogens with one attached hydrogen (secondary N) is 1. The molecule has 0 atom stereocenters. The van der Waals surface area contributed by atoms with Crippen LogP contribution in [0.1, 0.15) is 78.5 Å². The van der Waals surface area contributed by atoms with Gasteiger partial charge in [-0.05, 0) is 56.4 Å². The molecule has 1 amide bonds. The number of amides is 1. The van der Waals surface area contributed by atoms with Crippen molar-refractivity contribution in [3.05, 3.63) is 40.0 Å². The number of anilines is 1. The molecule has 2 aromatic heterocycles. The van der Waals surface area contributed by atoms with E-state index in [4.69, 9.17) is 0 Å². The van der Waals surface area contributed by atoms with Crippen molar-refractivity contribution in [1.29, 1.82) is 0 Å². The number of carbonyl (C=O) groups excluding carboxylic acids is 1. The summed E-state index contributed by atoms with van der Waals surface area (Å²) in [5, 5.41) is 14.5. The second-order valence-corrected chi connectivity index (χ2v) is 8.67. The molecule has 1 aromatic carbocycles. The highest BCUT2D eigenvalue weighted by Gasteiger charge is 2.23. The Bertz CT molecular complexity index is 998. The van der Waals surface area contributed by atoms with Crippen molar-refractivity contribution in [1.82, 2.24) is 14.8 Å². The second-order valence-electron chi connectivity index (χ2n) is 7.66. The zero-order valence-electron chi connectivity index (χ0n) is 16.9. The Morgan fingerprint density at radius 3 is 2.71 bits per heavy atom. The fourth-order valence-corrected chi connectivity index (χ4v) is 5.27. The molecule has 0 unspecified atom stereocenters. The average molecular weight is 397 g/mol. The molecule has 148 valence electrons. The topological polar surface area (TPSA) is 59.8 Å². The molecule has 1 N–H and O–H groups in total. The van der Waals surface area contributed by atoms with Gasteiger partial charge >= 0.3 is 0 Å². The SMILES string of the molecule is CCc1ccc2c(c1)c(C)c(C(=O)Nc1nnc(C3CCCCC3)s1)n2CC. The molecule has 1 aliphatic carbocycles. The minimum Gasteiger partial charge on any atom is -0.337 e. The van der Waals surface area contributed by atoms with E-state index in [1.807, 2.05) is 6.92 Å². The summed E-state index contributed by atoms with van der Waals surface area (Å²) in [6.07, 6.45) is 7.21. The van der Waals surface area contributed by atoms with Crippen LogP contribution in [0.15, 0.2) is 18.2 Å². The number of hydrogen-bond donors (Lipinski definition) is 1. The summed E-state index contributed by atoms with van der Waals surface area (Å²) in [4.78, 5) is 13.1. The maximum absolute atomic E-state index is 13.1. The minimum absolute atomic E-state index is 0.0973. The average Bonchev–Trinajstić information content (AvgIpc) is 3.30. The van der Waals surface area contributed by atoms with Gasteiger partial charge in [0.1, 0.15) is 10.7 Å². The number of fused-ring (bicyclic) bond motifs is 1. The molecule has 0 bridgehead atoms. The van der Waals surface area contributed by atoms with E-state index in [9.17, 15) is 4.79 Å². The molecule has 1 saturated carbocycles. The number of nitrogens with zero attached hydrogens (tertiary/aromatic N) is 3. The molecule has 0 spiro atoms. The highest BCUT2D eigenvalue weighted by atomic mass is 32.1. The third-order valence-electron chi connectivity index (χ3n) is 5.94. The van der Waals surface area contributed by atoms with Gasteiger partial charge in [0.25, 0.3) is 5.91 Å². The van der Waals surface area contributed by atoms with E-state index < -0.39 is 0 Å². The molecular formula is C22H28N4OS. The van der Waals surface area contributed by atoms with Gasteiger partial charge < -0.3 is 4.57 Å². The zero-order chi connectivity index (χ0) is 19.7. The van der Waals surface area contributed by atoms with E-state index in [1.165, 1.54) is 49.0 Å². The zero-order valence-corrected chi connectivity index (χ0v) is 17.7. The van der Waals surface area contributed by atoms with Crippen molar-refractivity contribution in [3.8, 4) is 0 Å².